The maximum Gasteiger partial charge on any atom is 0.225 e. The lowest BCUT2D eigenvalue weighted by molar-refractivity contribution is -0.147. The fourth-order valence-corrected chi connectivity index (χ4v) is 4.44. The largest absolute Gasteiger partial charge is 0.396 e. The van der Waals surface area contributed by atoms with Gasteiger partial charge in [0.15, 0.2) is 0 Å². The minimum atomic E-state index is 0.126. The Morgan fingerprint density at radius 2 is 1.96 bits per heavy atom. The summed E-state index contributed by atoms with van der Waals surface area (Å²) in [4.78, 5) is 29.1. The summed E-state index contributed by atoms with van der Waals surface area (Å²) in [5.41, 5.74) is 0. The molecule has 2 atom stereocenters. The molecule has 0 bridgehead atoms. The first-order valence-corrected chi connectivity index (χ1v) is 9.47. The fourth-order valence-electron chi connectivity index (χ4n) is 4.44. The fraction of sp³-hybridized carbons (Fsp3) is 0.889. The zero-order valence-electron chi connectivity index (χ0n) is 14.5. The summed E-state index contributed by atoms with van der Waals surface area (Å²) in [7, 11) is 0. The number of carbonyl (C=O) groups is 2. The second kappa shape index (κ2) is 8.30. The smallest absolute Gasteiger partial charge is 0.225 e. The van der Waals surface area contributed by atoms with E-state index in [1.165, 1.54) is 0 Å². The van der Waals surface area contributed by atoms with Gasteiger partial charge < -0.3 is 19.6 Å². The summed E-state index contributed by atoms with van der Waals surface area (Å²) in [6.07, 6.45) is 5.68. The molecule has 3 heterocycles. The molecule has 0 aromatic rings. The molecule has 6 nitrogen and oxygen atoms in total. The van der Waals surface area contributed by atoms with Crippen LogP contribution in [0.3, 0.4) is 0 Å². The first-order valence-electron chi connectivity index (χ1n) is 9.47. The van der Waals surface area contributed by atoms with Gasteiger partial charge >= 0.3 is 0 Å². The number of piperidine rings is 2. The summed E-state index contributed by atoms with van der Waals surface area (Å²) in [5, 5.41) is 8.96. The van der Waals surface area contributed by atoms with Crippen LogP contribution in [-0.2, 0) is 14.3 Å². The van der Waals surface area contributed by atoms with Gasteiger partial charge in [-0.1, -0.05) is 0 Å². The minimum absolute atomic E-state index is 0.126. The van der Waals surface area contributed by atoms with Gasteiger partial charge in [-0.2, -0.15) is 0 Å². The van der Waals surface area contributed by atoms with Crippen molar-refractivity contribution >= 4 is 11.8 Å². The Morgan fingerprint density at radius 3 is 2.71 bits per heavy atom. The number of hydrogen-bond donors (Lipinski definition) is 1. The van der Waals surface area contributed by atoms with E-state index >= 15 is 0 Å². The molecule has 3 aliphatic heterocycles. The van der Waals surface area contributed by atoms with Crippen LogP contribution in [0.2, 0.25) is 0 Å². The number of aliphatic hydroxyl groups excluding tert-OH is 1. The zero-order valence-corrected chi connectivity index (χ0v) is 14.5. The van der Waals surface area contributed by atoms with Gasteiger partial charge in [-0.05, 0) is 44.4 Å². The number of unbranched alkanes of at least 4 members (excludes halogenated alkanes) is 1. The van der Waals surface area contributed by atoms with E-state index in [1.807, 2.05) is 9.80 Å². The third-order valence-electron chi connectivity index (χ3n) is 5.83. The van der Waals surface area contributed by atoms with Crippen LogP contribution in [0.5, 0.6) is 0 Å². The standard InChI is InChI=1S/C18H30N2O4/c21-10-2-1-8-20-16-5-9-19(13-15(16)3-4-17(20)22)18(23)14-6-11-24-12-7-14/h14-16,21H,1-13H2/t15-,16+/m0/s1. The quantitative estimate of drug-likeness (QED) is 0.760. The van der Waals surface area contributed by atoms with Crippen LogP contribution in [0, 0.1) is 11.8 Å². The van der Waals surface area contributed by atoms with Crippen molar-refractivity contribution in [3.05, 3.63) is 0 Å². The number of fused-ring (bicyclic) bond motifs is 1. The van der Waals surface area contributed by atoms with Gasteiger partial charge in [-0.25, -0.2) is 0 Å². The second-order valence-electron chi connectivity index (χ2n) is 7.34. The number of aliphatic hydroxyl groups is 1. The first kappa shape index (κ1) is 17.7. The number of nitrogens with zero attached hydrogens (tertiary/aromatic N) is 2. The van der Waals surface area contributed by atoms with Crippen molar-refractivity contribution in [2.24, 2.45) is 11.8 Å². The van der Waals surface area contributed by atoms with Crippen LogP contribution in [0.1, 0.15) is 44.9 Å². The minimum Gasteiger partial charge on any atom is -0.396 e. The molecule has 1 N–H and O–H groups in total. The molecule has 3 aliphatic rings. The van der Waals surface area contributed by atoms with Crippen molar-refractivity contribution in [1.82, 2.24) is 9.80 Å². The lowest BCUT2D eigenvalue weighted by Crippen LogP contribution is -2.57. The van der Waals surface area contributed by atoms with Gasteiger partial charge in [0.2, 0.25) is 11.8 Å². The van der Waals surface area contributed by atoms with Crippen molar-refractivity contribution in [1.29, 1.82) is 0 Å². The van der Waals surface area contributed by atoms with Crippen molar-refractivity contribution in [2.45, 2.75) is 51.0 Å². The molecule has 3 rings (SSSR count). The summed E-state index contributed by atoms with van der Waals surface area (Å²) < 4.78 is 5.36. The van der Waals surface area contributed by atoms with Crippen LogP contribution < -0.4 is 0 Å². The molecule has 0 saturated carbocycles. The molecular formula is C18H30N2O4. The van der Waals surface area contributed by atoms with Crippen molar-refractivity contribution < 1.29 is 19.4 Å². The monoisotopic (exact) mass is 338 g/mol. The molecule has 0 aliphatic carbocycles. The predicted molar refractivity (Wildman–Crippen MR) is 89.3 cm³/mol. The summed E-state index contributed by atoms with van der Waals surface area (Å²) in [5.74, 6) is 1.08. The van der Waals surface area contributed by atoms with Gasteiger partial charge in [0.05, 0.1) is 0 Å². The van der Waals surface area contributed by atoms with Crippen LogP contribution >= 0.6 is 0 Å². The molecular weight excluding hydrogens is 308 g/mol. The van der Waals surface area contributed by atoms with Crippen LogP contribution in [-0.4, -0.2) is 72.2 Å². The highest BCUT2D eigenvalue weighted by molar-refractivity contribution is 5.80. The number of carbonyl (C=O) groups excluding carboxylic acids is 2. The van der Waals surface area contributed by atoms with E-state index in [4.69, 9.17) is 9.84 Å². The Kier molecular flexibility index (Phi) is 6.11. The normalized spacial score (nSPS) is 28.8. The van der Waals surface area contributed by atoms with E-state index in [0.29, 0.717) is 31.5 Å². The maximum absolute atomic E-state index is 12.7. The van der Waals surface area contributed by atoms with Gasteiger partial charge in [0.1, 0.15) is 0 Å². The molecule has 0 unspecified atom stereocenters. The number of amides is 2. The predicted octanol–water partition coefficient (Wildman–Crippen LogP) is 1.03. The second-order valence-corrected chi connectivity index (χ2v) is 7.34. The van der Waals surface area contributed by atoms with Gasteiger partial charge in [-0.3, -0.25) is 9.59 Å². The highest BCUT2D eigenvalue weighted by Gasteiger charge is 2.41. The zero-order chi connectivity index (χ0) is 16.9. The topological polar surface area (TPSA) is 70.1 Å². The molecule has 0 aromatic carbocycles. The molecule has 0 spiro atoms. The third kappa shape index (κ3) is 3.91. The van der Waals surface area contributed by atoms with E-state index in [-0.39, 0.29) is 24.5 Å². The summed E-state index contributed by atoms with van der Waals surface area (Å²) in [6, 6.07) is 0.281. The van der Waals surface area contributed by atoms with E-state index in [1.54, 1.807) is 0 Å². The van der Waals surface area contributed by atoms with Crippen LogP contribution in [0.4, 0.5) is 0 Å². The summed E-state index contributed by atoms with van der Waals surface area (Å²) >= 11 is 0. The number of hydrogen-bond acceptors (Lipinski definition) is 4. The number of ether oxygens (including phenoxy) is 1. The third-order valence-corrected chi connectivity index (χ3v) is 5.83. The molecule has 3 fully saturated rings. The van der Waals surface area contributed by atoms with Crippen molar-refractivity contribution in [3.63, 3.8) is 0 Å². The molecule has 24 heavy (non-hydrogen) atoms. The van der Waals surface area contributed by atoms with E-state index in [2.05, 4.69) is 0 Å². The molecule has 136 valence electrons. The highest BCUT2D eigenvalue weighted by Crippen LogP contribution is 2.32. The lowest BCUT2D eigenvalue weighted by atomic mass is 9.82. The highest BCUT2D eigenvalue weighted by atomic mass is 16.5. The SMILES string of the molecule is O=C(C1CCOCC1)N1CC[C@@H]2[C@@H](CCC(=O)N2CCCCO)C1. The Balaban J connectivity index is 1.57. The first-order chi connectivity index (χ1) is 11.7. The van der Waals surface area contributed by atoms with Crippen molar-refractivity contribution in [2.75, 3.05) is 39.5 Å². The Hall–Kier alpha value is -1.14. The molecule has 6 heteroatoms. The lowest BCUT2D eigenvalue weighted by Gasteiger charge is -2.47. The molecule has 2 amide bonds. The molecule has 3 saturated heterocycles. The molecule has 0 radical (unpaired) electrons. The number of likely N-dealkylation sites (tertiary alicyclic amines) is 2. The number of rotatable bonds is 5. The van der Waals surface area contributed by atoms with Gasteiger partial charge in [0, 0.05) is 57.8 Å². The van der Waals surface area contributed by atoms with Crippen LogP contribution in [0.25, 0.3) is 0 Å². The average molecular weight is 338 g/mol. The average Bonchev–Trinajstić information content (AvgIpc) is 2.63. The van der Waals surface area contributed by atoms with Gasteiger partial charge in [0.25, 0.3) is 0 Å². The summed E-state index contributed by atoms with van der Waals surface area (Å²) in [6.45, 7) is 3.89. The van der Waals surface area contributed by atoms with Gasteiger partial charge in [-0.15, -0.1) is 0 Å². The van der Waals surface area contributed by atoms with Crippen molar-refractivity contribution in [3.8, 4) is 0 Å². The van der Waals surface area contributed by atoms with E-state index < -0.39 is 0 Å². The van der Waals surface area contributed by atoms with Crippen LogP contribution in [0.15, 0.2) is 0 Å². The Bertz CT molecular complexity index is 450. The van der Waals surface area contributed by atoms with E-state index in [0.717, 1.165) is 58.2 Å². The Labute approximate surface area is 144 Å². The molecule has 0 aromatic heterocycles. The Morgan fingerprint density at radius 1 is 1.17 bits per heavy atom. The van der Waals surface area contributed by atoms with E-state index in [9.17, 15) is 9.59 Å². The maximum atomic E-state index is 12.7.